The average molecular weight is 410 g/mol. The fourth-order valence-corrected chi connectivity index (χ4v) is 4.40. The number of ketones is 1. The summed E-state index contributed by atoms with van der Waals surface area (Å²) in [5, 5.41) is 4.51. The first-order valence-electron chi connectivity index (χ1n) is 9.89. The molecule has 0 radical (unpaired) electrons. The molecule has 2 heterocycles. The zero-order valence-electron chi connectivity index (χ0n) is 16.4. The van der Waals surface area contributed by atoms with Crippen molar-refractivity contribution in [3.8, 4) is 5.69 Å². The Balaban J connectivity index is 1.64. The topological polar surface area (TPSA) is 54.3 Å². The van der Waals surface area contributed by atoms with E-state index in [1.165, 1.54) is 0 Å². The second-order valence-corrected chi connectivity index (χ2v) is 7.98. The third-order valence-electron chi connectivity index (χ3n) is 5.73. The number of carbonyl (C=O) groups excluding carboxylic acids is 2. The molecule has 4 rings (SSSR count). The fourth-order valence-electron chi connectivity index (χ4n) is 4.28. The number of amides is 1. The Labute approximate surface area is 175 Å². The molecule has 1 aromatic heterocycles. The summed E-state index contributed by atoms with van der Waals surface area (Å²) in [5.74, 6) is 0.133. The van der Waals surface area contributed by atoms with Gasteiger partial charge in [-0.3, -0.25) is 14.5 Å². The highest BCUT2D eigenvalue weighted by molar-refractivity contribution is 6.30. The number of benzene rings is 2. The van der Waals surface area contributed by atoms with Crippen LogP contribution in [-0.4, -0.2) is 47.3 Å². The van der Waals surface area contributed by atoms with Crippen molar-refractivity contribution in [3.05, 3.63) is 64.8 Å². The minimum absolute atomic E-state index is 0.133. The van der Waals surface area contributed by atoms with E-state index in [1.807, 2.05) is 55.5 Å². The lowest BCUT2D eigenvalue weighted by Gasteiger charge is -2.31. The van der Waals surface area contributed by atoms with Crippen LogP contribution in [0.5, 0.6) is 0 Å². The van der Waals surface area contributed by atoms with E-state index >= 15 is 0 Å². The van der Waals surface area contributed by atoms with Gasteiger partial charge in [-0.1, -0.05) is 29.8 Å². The van der Waals surface area contributed by atoms with E-state index < -0.39 is 0 Å². The molecule has 0 saturated carbocycles. The van der Waals surface area contributed by atoms with Crippen LogP contribution in [0.1, 0.15) is 28.9 Å². The van der Waals surface area contributed by atoms with Gasteiger partial charge < -0.3 is 9.88 Å². The van der Waals surface area contributed by atoms with Crippen molar-refractivity contribution in [1.82, 2.24) is 14.8 Å². The van der Waals surface area contributed by atoms with E-state index in [-0.39, 0.29) is 11.8 Å². The number of fused-ring (bicyclic) bond motifs is 1. The van der Waals surface area contributed by atoms with Crippen molar-refractivity contribution in [1.29, 1.82) is 0 Å². The maximum absolute atomic E-state index is 13.3. The summed E-state index contributed by atoms with van der Waals surface area (Å²) in [6.45, 7) is 4.02. The molecule has 0 unspecified atom stereocenters. The zero-order chi connectivity index (χ0) is 20.4. The van der Waals surface area contributed by atoms with Crippen LogP contribution in [-0.2, 0) is 4.79 Å². The fraction of sp³-hybridized carbons (Fsp3) is 0.304. The maximum atomic E-state index is 13.3. The van der Waals surface area contributed by atoms with Crippen LogP contribution in [0.4, 0.5) is 0 Å². The number of nitrogens with zero attached hydrogens (tertiary/aromatic N) is 2. The highest BCUT2D eigenvalue weighted by Crippen LogP contribution is 2.30. The van der Waals surface area contributed by atoms with E-state index in [1.54, 1.807) is 0 Å². The first-order valence-corrected chi connectivity index (χ1v) is 10.3. The zero-order valence-corrected chi connectivity index (χ0v) is 17.2. The molecular formula is C23H24ClN3O2. The van der Waals surface area contributed by atoms with Crippen molar-refractivity contribution in [2.75, 3.05) is 19.6 Å². The summed E-state index contributed by atoms with van der Waals surface area (Å²) in [5.41, 5.74) is 3.73. The van der Waals surface area contributed by atoms with E-state index in [0.29, 0.717) is 11.6 Å². The number of rotatable bonds is 6. The minimum atomic E-state index is 0.133. The van der Waals surface area contributed by atoms with Crippen LogP contribution in [0.25, 0.3) is 16.6 Å². The van der Waals surface area contributed by atoms with Crippen molar-refractivity contribution in [2.24, 2.45) is 0 Å². The van der Waals surface area contributed by atoms with Gasteiger partial charge >= 0.3 is 0 Å². The predicted molar refractivity (Wildman–Crippen MR) is 116 cm³/mol. The molecule has 0 atom stereocenters. The van der Waals surface area contributed by atoms with Gasteiger partial charge in [-0.25, -0.2) is 0 Å². The van der Waals surface area contributed by atoms with Gasteiger partial charge in [0.15, 0.2) is 5.78 Å². The number of carbonyl (C=O) groups is 2. The van der Waals surface area contributed by atoms with E-state index in [0.717, 1.165) is 60.2 Å². The predicted octanol–water partition coefficient (Wildman–Crippen LogP) is 3.99. The largest absolute Gasteiger partial charge is 0.356 e. The molecular weight excluding hydrogens is 386 g/mol. The van der Waals surface area contributed by atoms with Gasteiger partial charge in [0.25, 0.3) is 0 Å². The molecule has 150 valence electrons. The second-order valence-electron chi connectivity index (χ2n) is 7.55. The normalized spacial score (nSPS) is 15.5. The SMILES string of the molecule is Cc1c(C(=O)CN2CCC(NC=O)CC2)c2ccccc2n1-c1ccc(Cl)cc1. The Morgan fingerprint density at radius 1 is 1.14 bits per heavy atom. The molecule has 0 bridgehead atoms. The molecule has 1 aliphatic heterocycles. The number of para-hydroxylation sites is 1. The number of likely N-dealkylation sites (tertiary alicyclic amines) is 1. The number of nitrogens with one attached hydrogen (secondary N) is 1. The number of hydrogen-bond acceptors (Lipinski definition) is 3. The summed E-state index contributed by atoms with van der Waals surface area (Å²) in [6.07, 6.45) is 2.51. The van der Waals surface area contributed by atoms with Gasteiger partial charge in [-0.15, -0.1) is 0 Å². The van der Waals surface area contributed by atoms with Crippen LogP contribution in [0, 0.1) is 6.92 Å². The quantitative estimate of drug-likeness (QED) is 0.494. The lowest BCUT2D eigenvalue weighted by Crippen LogP contribution is -2.43. The van der Waals surface area contributed by atoms with Crippen molar-refractivity contribution < 1.29 is 9.59 Å². The Morgan fingerprint density at radius 2 is 1.83 bits per heavy atom. The summed E-state index contributed by atoms with van der Waals surface area (Å²) in [4.78, 5) is 26.1. The molecule has 0 spiro atoms. The number of Topliss-reactive ketones (excluding diaryl/α,β-unsaturated/α-hetero) is 1. The van der Waals surface area contributed by atoms with Gasteiger partial charge in [0.2, 0.25) is 6.41 Å². The van der Waals surface area contributed by atoms with E-state index in [2.05, 4.69) is 14.8 Å². The molecule has 1 fully saturated rings. The van der Waals surface area contributed by atoms with Crippen molar-refractivity contribution in [3.63, 3.8) is 0 Å². The molecule has 1 N–H and O–H groups in total. The van der Waals surface area contributed by atoms with Gasteiger partial charge in [0, 0.05) is 46.5 Å². The smallest absolute Gasteiger partial charge is 0.207 e. The molecule has 6 heteroatoms. The molecule has 1 aliphatic rings. The van der Waals surface area contributed by atoms with Crippen LogP contribution in [0.2, 0.25) is 5.02 Å². The maximum Gasteiger partial charge on any atom is 0.207 e. The van der Waals surface area contributed by atoms with E-state index in [4.69, 9.17) is 11.6 Å². The molecule has 0 aliphatic carbocycles. The summed E-state index contributed by atoms with van der Waals surface area (Å²) in [6, 6.07) is 15.9. The summed E-state index contributed by atoms with van der Waals surface area (Å²) in [7, 11) is 0. The number of aromatic nitrogens is 1. The van der Waals surface area contributed by atoms with Crippen molar-refractivity contribution in [2.45, 2.75) is 25.8 Å². The Morgan fingerprint density at radius 3 is 2.52 bits per heavy atom. The van der Waals surface area contributed by atoms with Gasteiger partial charge in [0.05, 0.1) is 12.1 Å². The Bertz CT molecular complexity index is 1030. The number of halogens is 1. The van der Waals surface area contributed by atoms with Crippen LogP contribution in [0.15, 0.2) is 48.5 Å². The lowest BCUT2D eigenvalue weighted by atomic mass is 10.0. The average Bonchev–Trinajstić information content (AvgIpc) is 3.02. The third kappa shape index (κ3) is 3.93. The molecule has 3 aromatic rings. The highest BCUT2D eigenvalue weighted by Gasteiger charge is 2.25. The van der Waals surface area contributed by atoms with E-state index in [9.17, 15) is 9.59 Å². The standard InChI is InChI=1S/C23H24ClN3O2/c1-16-23(22(29)14-26-12-10-18(11-13-26)25-15-28)20-4-2-3-5-21(20)27(16)19-8-6-17(24)7-9-19/h2-9,15,18H,10-14H2,1H3,(H,25,28). The molecule has 1 saturated heterocycles. The first kappa shape index (κ1) is 19.7. The number of hydrogen-bond donors (Lipinski definition) is 1. The van der Waals surface area contributed by atoms with Gasteiger partial charge in [0.1, 0.15) is 0 Å². The first-order chi connectivity index (χ1) is 14.1. The molecule has 5 nitrogen and oxygen atoms in total. The highest BCUT2D eigenvalue weighted by atomic mass is 35.5. The molecule has 1 amide bonds. The Hall–Kier alpha value is -2.63. The lowest BCUT2D eigenvalue weighted by molar-refractivity contribution is -0.110. The molecule has 29 heavy (non-hydrogen) atoms. The van der Waals surface area contributed by atoms with Gasteiger partial charge in [-0.2, -0.15) is 0 Å². The van der Waals surface area contributed by atoms with Crippen LogP contribution < -0.4 is 5.32 Å². The van der Waals surface area contributed by atoms with Crippen LogP contribution in [0.3, 0.4) is 0 Å². The monoisotopic (exact) mass is 409 g/mol. The van der Waals surface area contributed by atoms with Gasteiger partial charge in [-0.05, 0) is 50.1 Å². The third-order valence-corrected chi connectivity index (χ3v) is 5.99. The summed E-state index contributed by atoms with van der Waals surface area (Å²) < 4.78 is 2.12. The summed E-state index contributed by atoms with van der Waals surface area (Å²) >= 11 is 6.06. The van der Waals surface area contributed by atoms with Crippen LogP contribution >= 0.6 is 11.6 Å². The second kappa shape index (κ2) is 8.39. The molecule has 2 aromatic carbocycles. The number of piperidine rings is 1. The Kier molecular flexibility index (Phi) is 5.69. The van der Waals surface area contributed by atoms with Crippen molar-refractivity contribution >= 4 is 34.7 Å². The minimum Gasteiger partial charge on any atom is -0.356 e.